The van der Waals surface area contributed by atoms with Gasteiger partial charge in [-0.2, -0.15) is 13.2 Å². The Labute approximate surface area is 172 Å². The van der Waals surface area contributed by atoms with Gasteiger partial charge in [0.2, 0.25) is 5.91 Å². The van der Waals surface area contributed by atoms with E-state index in [1.807, 2.05) is 24.3 Å². The first kappa shape index (κ1) is 20.4. The zero-order valence-corrected chi connectivity index (χ0v) is 16.5. The van der Waals surface area contributed by atoms with Crippen LogP contribution in [0.25, 0.3) is 11.0 Å². The zero-order chi connectivity index (χ0) is 21.1. The third-order valence-corrected chi connectivity index (χ3v) is 5.86. The van der Waals surface area contributed by atoms with Crippen molar-refractivity contribution >= 4 is 16.9 Å². The number of aromatic nitrogens is 2. The van der Waals surface area contributed by atoms with E-state index >= 15 is 0 Å². The van der Waals surface area contributed by atoms with Crippen LogP contribution in [0.3, 0.4) is 0 Å². The second-order valence-corrected chi connectivity index (χ2v) is 8.04. The van der Waals surface area contributed by atoms with Gasteiger partial charge in [-0.3, -0.25) is 4.79 Å². The van der Waals surface area contributed by atoms with Crippen LogP contribution in [0.4, 0.5) is 13.2 Å². The average molecular weight is 415 g/mol. The minimum absolute atomic E-state index is 0.0744. The van der Waals surface area contributed by atoms with E-state index in [1.165, 1.54) is 6.07 Å². The van der Waals surface area contributed by atoms with Crippen molar-refractivity contribution in [3.8, 4) is 0 Å². The van der Waals surface area contributed by atoms with Crippen molar-refractivity contribution in [2.45, 2.75) is 44.8 Å². The highest BCUT2D eigenvalue weighted by molar-refractivity contribution is 5.78. The number of hydrogen-bond donors (Lipinski definition) is 2. The van der Waals surface area contributed by atoms with Gasteiger partial charge in [-0.15, -0.1) is 0 Å². The van der Waals surface area contributed by atoms with Crippen LogP contribution in [0.1, 0.15) is 42.6 Å². The number of benzene rings is 2. The van der Waals surface area contributed by atoms with E-state index in [9.17, 15) is 18.0 Å². The summed E-state index contributed by atoms with van der Waals surface area (Å²) >= 11 is 0. The SMILES string of the molecule is O=C(NCc1cccc(C(F)(F)F)c1)[C@H]1CC[C@H](Cc2nc3ccccc3[nH]2)CC1. The Morgan fingerprint density at radius 3 is 2.57 bits per heavy atom. The Kier molecular flexibility index (Phi) is 5.79. The van der Waals surface area contributed by atoms with Gasteiger partial charge in [0.15, 0.2) is 0 Å². The fourth-order valence-electron chi connectivity index (χ4n) is 4.20. The van der Waals surface area contributed by atoms with Gasteiger partial charge >= 0.3 is 6.18 Å². The summed E-state index contributed by atoms with van der Waals surface area (Å²) in [6, 6.07) is 13.0. The molecular weight excluding hydrogens is 391 g/mol. The van der Waals surface area contributed by atoms with Crippen molar-refractivity contribution in [3.05, 3.63) is 65.5 Å². The highest BCUT2D eigenvalue weighted by Crippen LogP contribution is 2.32. The fourth-order valence-corrected chi connectivity index (χ4v) is 4.20. The van der Waals surface area contributed by atoms with Gasteiger partial charge in [0.05, 0.1) is 16.6 Å². The number of rotatable bonds is 5. The number of hydrogen-bond acceptors (Lipinski definition) is 2. The maximum Gasteiger partial charge on any atom is 0.416 e. The first-order chi connectivity index (χ1) is 14.4. The summed E-state index contributed by atoms with van der Waals surface area (Å²) in [5, 5.41) is 2.80. The minimum Gasteiger partial charge on any atom is -0.352 e. The Bertz CT molecular complexity index is 987. The number of imidazole rings is 1. The van der Waals surface area contributed by atoms with Gasteiger partial charge < -0.3 is 10.3 Å². The van der Waals surface area contributed by atoms with Gasteiger partial charge in [-0.05, 0) is 61.4 Å². The average Bonchev–Trinajstić information content (AvgIpc) is 3.14. The van der Waals surface area contributed by atoms with Crippen molar-refractivity contribution < 1.29 is 18.0 Å². The Hall–Kier alpha value is -2.83. The molecule has 0 saturated heterocycles. The lowest BCUT2D eigenvalue weighted by Crippen LogP contribution is -2.33. The summed E-state index contributed by atoms with van der Waals surface area (Å²) < 4.78 is 38.5. The molecule has 0 spiro atoms. The number of nitrogens with zero attached hydrogens (tertiary/aromatic N) is 1. The van der Waals surface area contributed by atoms with Crippen LogP contribution in [0.5, 0.6) is 0 Å². The smallest absolute Gasteiger partial charge is 0.352 e. The molecule has 30 heavy (non-hydrogen) atoms. The number of aromatic amines is 1. The molecule has 1 heterocycles. The predicted octanol–water partition coefficient (Wildman–Crippen LogP) is 5.25. The Balaban J connectivity index is 1.26. The van der Waals surface area contributed by atoms with Gasteiger partial charge in [-0.25, -0.2) is 4.98 Å². The minimum atomic E-state index is -4.38. The maximum absolute atomic E-state index is 12.8. The van der Waals surface area contributed by atoms with Gasteiger partial charge in [0.1, 0.15) is 5.82 Å². The number of carbonyl (C=O) groups is 1. The van der Waals surface area contributed by atoms with Crippen molar-refractivity contribution in [1.29, 1.82) is 0 Å². The molecule has 1 aliphatic carbocycles. The number of halogens is 3. The third-order valence-electron chi connectivity index (χ3n) is 5.86. The summed E-state index contributed by atoms with van der Waals surface area (Å²) in [5.74, 6) is 1.31. The van der Waals surface area contributed by atoms with Crippen LogP contribution >= 0.6 is 0 Å². The van der Waals surface area contributed by atoms with Crippen molar-refractivity contribution in [3.63, 3.8) is 0 Å². The second-order valence-electron chi connectivity index (χ2n) is 8.04. The number of carbonyl (C=O) groups excluding carboxylic acids is 1. The van der Waals surface area contributed by atoms with E-state index in [2.05, 4.69) is 15.3 Å². The molecule has 4 nitrogen and oxygen atoms in total. The molecule has 1 saturated carbocycles. The van der Waals surface area contributed by atoms with E-state index in [0.717, 1.165) is 61.1 Å². The molecule has 4 rings (SSSR count). The monoisotopic (exact) mass is 415 g/mol. The highest BCUT2D eigenvalue weighted by atomic mass is 19.4. The molecule has 0 unspecified atom stereocenters. The van der Waals surface area contributed by atoms with Gasteiger partial charge in [0.25, 0.3) is 0 Å². The fraction of sp³-hybridized carbons (Fsp3) is 0.391. The topological polar surface area (TPSA) is 57.8 Å². The number of fused-ring (bicyclic) bond motifs is 1. The van der Waals surface area contributed by atoms with E-state index in [4.69, 9.17) is 0 Å². The normalized spacial score (nSPS) is 19.7. The molecule has 158 valence electrons. The van der Waals surface area contributed by atoms with Crippen molar-refractivity contribution in [2.75, 3.05) is 0 Å². The van der Waals surface area contributed by atoms with Crippen molar-refractivity contribution in [2.24, 2.45) is 11.8 Å². The molecular formula is C23H24F3N3O. The first-order valence-corrected chi connectivity index (χ1v) is 10.3. The quantitative estimate of drug-likeness (QED) is 0.598. The lowest BCUT2D eigenvalue weighted by atomic mass is 9.80. The van der Waals surface area contributed by atoms with E-state index in [1.54, 1.807) is 6.07 Å². The number of para-hydroxylation sites is 2. The molecule has 0 atom stereocenters. The molecule has 0 aliphatic heterocycles. The van der Waals surface area contributed by atoms with Crippen LogP contribution in [0, 0.1) is 11.8 Å². The summed E-state index contributed by atoms with van der Waals surface area (Å²) in [7, 11) is 0. The van der Waals surface area contributed by atoms with Crippen LogP contribution in [-0.2, 0) is 23.9 Å². The summed E-state index contributed by atoms with van der Waals surface area (Å²) in [6.07, 6.45) is -0.0402. The first-order valence-electron chi connectivity index (χ1n) is 10.3. The van der Waals surface area contributed by atoms with Crippen LogP contribution in [-0.4, -0.2) is 15.9 Å². The molecule has 0 radical (unpaired) electrons. The lowest BCUT2D eigenvalue weighted by molar-refractivity contribution is -0.137. The summed E-state index contributed by atoms with van der Waals surface area (Å²) in [6.45, 7) is 0.113. The van der Waals surface area contributed by atoms with Crippen LogP contribution < -0.4 is 5.32 Å². The number of amides is 1. The maximum atomic E-state index is 12.8. The van der Waals surface area contributed by atoms with E-state index in [-0.39, 0.29) is 18.4 Å². The Morgan fingerprint density at radius 2 is 1.83 bits per heavy atom. The molecule has 0 bridgehead atoms. The molecule has 2 aromatic carbocycles. The number of nitrogens with one attached hydrogen (secondary N) is 2. The molecule has 2 N–H and O–H groups in total. The largest absolute Gasteiger partial charge is 0.416 e. The van der Waals surface area contributed by atoms with E-state index < -0.39 is 11.7 Å². The van der Waals surface area contributed by atoms with Crippen molar-refractivity contribution in [1.82, 2.24) is 15.3 Å². The molecule has 3 aromatic rings. The third kappa shape index (κ3) is 4.83. The lowest BCUT2D eigenvalue weighted by Gasteiger charge is -2.27. The molecule has 1 aromatic heterocycles. The van der Waals surface area contributed by atoms with Gasteiger partial charge in [-0.1, -0.05) is 24.3 Å². The standard InChI is InChI=1S/C23H24F3N3O/c24-23(25,26)18-5-3-4-16(12-18)14-27-22(30)17-10-8-15(9-11-17)13-21-28-19-6-1-2-7-20(19)29-21/h1-7,12,15,17H,8-11,13-14H2,(H,27,30)(H,28,29)/t15-,17-. The number of alkyl halides is 3. The second kappa shape index (κ2) is 8.50. The van der Waals surface area contributed by atoms with E-state index in [0.29, 0.717) is 11.5 Å². The summed E-state index contributed by atoms with van der Waals surface area (Å²) in [4.78, 5) is 20.5. The molecule has 1 amide bonds. The number of H-pyrrole nitrogens is 1. The summed E-state index contributed by atoms with van der Waals surface area (Å²) in [5.41, 5.74) is 1.77. The predicted molar refractivity (Wildman–Crippen MR) is 109 cm³/mol. The zero-order valence-electron chi connectivity index (χ0n) is 16.5. The Morgan fingerprint density at radius 1 is 1.07 bits per heavy atom. The molecule has 1 fully saturated rings. The van der Waals surface area contributed by atoms with Gasteiger partial charge in [0, 0.05) is 18.9 Å². The molecule has 7 heteroatoms. The molecule has 1 aliphatic rings. The highest BCUT2D eigenvalue weighted by Gasteiger charge is 2.30. The van der Waals surface area contributed by atoms with Crippen LogP contribution in [0.2, 0.25) is 0 Å². The van der Waals surface area contributed by atoms with Crippen LogP contribution in [0.15, 0.2) is 48.5 Å².